The molecule has 24 heteroatoms. The van der Waals surface area contributed by atoms with Crippen LogP contribution in [0.15, 0.2) is 18.3 Å². The summed E-state index contributed by atoms with van der Waals surface area (Å²) in [5.41, 5.74) is 2.17. The van der Waals surface area contributed by atoms with Gasteiger partial charge in [0.05, 0.1) is 28.6 Å². The largest absolute Gasteiger partial charge is 1.00 e. The first-order valence-electron chi connectivity index (χ1n) is 28.7. The monoisotopic (exact) mass is 1380 g/mol. The molecule has 0 bridgehead atoms. The SMILES string of the molecule is CC.CC.CC(C)C=N.CC(C)C=N.CC(C)C=N.CC(C)C=N.CC(C)C=N.CC(C)C=N.CC(C)C=N.CC(C)c1ccc(CP(C)(C)=O)cn1.CCC.CP(C)(=O)Cl.CP(C)(C)=O.CP(C)(C)=O.CP(C)(C)=O.C[P+](C)=O.C[P+](C)=O.[CH3-].[Li+]. The minimum absolute atomic E-state index is 0. The Bertz CT molecular complexity index is 1580. The van der Waals surface area contributed by atoms with Crippen LogP contribution in [-0.2, 0) is 38.1 Å². The fourth-order valence-corrected chi connectivity index (χ4v) is 2.38. The molecule has 15 nitrogen and oxygen atoms in total. The summed E-state index contributed by atoms with van der Waals surface area (Å²) in [5.74, 6) is 3.44. The van der Waals surface area contributed by atoms with Gasteiger partial charge in [-0.1, -0.05) is 185 Å². The van der Waals surface area contributed by atoms with Crippen LogP contribution >= 0.6 is 61.9 Å². The molecule has 0 radical (unpaired) electrons. The summed E-state index contributed by atoms with van der Waals surface area (Å²) >= 11 is 5.09. The summed E-state index contributed by atoms with van der Waals surface area (Å²) in [6.07, 6.45) is 13.7. The number of rotatable bonds is 10. The molecule has 0 spiro atoms. The molecule has 0 aliphatic rings. The van der Waals surface area contributed by atoms with E-state index in [9.17, 15) is 32.0 Å². The van der Waals surface area contributed by atoms with Crippen molar-refractivity contribution in [3.05, 3.63) is 37.0 Å². The Labute approximate surface area is 558 Å². The Balaban J connectivity index is -0.0000000365. The molecule has 0 aliphatic heterocycles. The number of halogens is 1. The maximum atomic E-state index is 11.6. The van der Waals surface area contributed by atoms with Gasteiger partial charge in [-0.3, -0.25) is 4.98 Å². The van der Waals surface area contributed by atoms with Gasteiger partial charge in [0.15, 0.2) is 6.49 Å². The number of hydrogen-bond donors (Lipinski definition) is 7. The van der Waals surface area contributed by atoms with Crippen LogP contribution in [0.4, 0.5) is 0 Å². The minimum Gasteiger partial charge on any atom is -0.358 e. The molecule has 1 aromatic heterocycles. The molecule has 0 unspecified atom stereocenters. The zero-order valence-corrected chi connectivity index (χ0v) is 71.1. The van der Waals surface area contributed by atoms with E-state index in [1.54, 1.807) is 86.6 Å². The van der Waals surface area contributed by atoms with Crippen LogP contribution in [0.3, 0.4) is 0 Å². The van der Waals surface area contributed by atoms with Gasteiger partial charge in [-0.2, -0.15) is 0 Å². The molecule has 0 saturated carbocycles. The second-order valence-corrected chi connectivity index (χ2v) is 46.5. The third kappa shape index (κ3) is 544. The standard InChI is InChI=1S/C11H18NOP.7C4H9N.3C3H9OP.C3H8.C2H6ClOP.2C2H6OP.2C2H6.CH3.Li/c1-9(2)11-6-5-10(7-12-11)8-14(3,4)13;7*1-4(2)3-5;3*1-5(2,3)4;1-3-2;1-5(2,3)4;2*1-4(2)3;2*1-2;;/h5-7,9H,8H2,1-4H3;7*3-5H,1-2H3;3*1-3H3;3H2,1-2H3;1-2H3;2*1-2H3;2*1-2H3;1H3;/q;;;;;;;;;;;;;2*+1;;;-1;+1. The van der Waals surface area contributed by atoms with E-state index in [1.807, 2.05) is 156 Å². The van der Waals surface area contributed by atoms with Crippen molar-refractivity contribution in [2.75, 3.05) is 113 Å². The molecule has 0 atom stereocenters. The number of aromatic nitrogens is 1. The first-order chi connectivity index (χ1) is 37.2. The molecule has 86 heavy (non-hydrogen) atoms. The summed E-state index contributed by atoms with van der Waals surface area (Å²) < 4.78 is 71.4. The number of pyridine rings is 1. The molecule has 0 amide bonds. The van der Waals surface area contributed by atoms with Gasteiger partial charge in [0, 0.05) is 31.4 Å². The smallest absolute Gasteiger partial charge is 0.358 e. The molecule has 0 aliphatic carbocycles. The molecule has 0 fully saturated rings. The first-order valence-corrected chi connectivity index (χ1v) is 48.4. The van der Waals surface area contributed by atoms with Crippen molar-refractivity contribution in [3.8, 4) is 0 Å². The fourth-order valence-electron chi connectivity index (χ4n) is 1.31. The van der Waals surface area contributed by atoms with Crippen LogP contribution in [0.5, 0.6) is 0 Å². The summed E-state index contributed by atoms with van der Waals surface area (Å²) in [7, 11) is -8.62. The Hall–Kier alpha value is -0.923. The summed E-state index contributed by atoms with van der Waals surface area (Å²) in [4.78, 5) is 4.34. The van der Waals surface area contributed by atoms with Gasteiger partial charge in [-0.15, -0.1) is 0 Å². The summed E-state index contributed by atoms with van der Waals surface area (Å²) in [6.45, 7) is 71.1. The van der Waals surface area contributed by atoms with E-state index >= 15 is 0 Å². The van der Waals surface area contributed by atoms with E-state index in [1.165, 1.54) is 63.3 Å². The van der Waals surface area contributed by atoms with Gasteiger partial charge in [0.25, 0.3) is 0 Å². The first kappa shape index (κ1) is 134. The predicted molar refractivity (Wildman–Crippen MR) is 412 cm³/mol. The molecule has 1 heterocycles. The van der Waals surface area contributed by atoms with Crippen molar-refractivity contribution in [3.63, 3.8) is 0 Å². The Morgan fingerprint density at radius 3 is 0.605 bits per heavy atom. The van der Waals surface area contributed by atoms with E-state index in [0.29, 0.717) is 53.5 Å². The van der Waals surface area contributed by atoms with Gasteiger partial charge in [-0.25, -0.2) is 0 Å². The Kier molecular flexibility index (Phi) is 148. The van der Waals surface area contributed by atoms with Crippen molar-refractivity contribution in [1.82, 2.24) is 4.98 Å². The van der Waals surface area contributed by atoms with Crippen LogP contribution < -0.4 is 18.9 Å². The van der Waals surface area contributed by atoms with Crippen molar-refractivity contribution in [1.29, 1.82) is 37.9 Å². The van der Waals surface area contributed by atoms with Crippen LogP contribution in [-0.4, -0.2) is 162 Å². The average molecular weight is 1380 g/mol. The van der Waals surface area contributed by atoms with E-state index in [0.717, 1.165) is 11.3 Å². The Morgan fingerprint density at radius 2 is 0.547 bits per heavy atom. The molecule has 0 saturated heterocycles. The van der Waals surface area contributed by atoms with E-state index in [4.69, 9.17) is 49.1 Å². The van der Waals surface area contributed by atoms with Gasteiger partial charge >= 0.3 is 34.5 Å². The molecule has 0 aromatic carbocycles. The van der Waals surface area contributed by atoms with Crippen LogP contribution in [0.1, 0.15) is 176 Å². The van der Waals surface area contributed by atoms with Gasteiger partial charge in [0.2, 0.25) is 0 Å². The van der Waals surface area contributed by atoms with E-state index < -0.39 is 50.7 Å². The molecule has 7 N–H and O–H groups in total. The quantitative estimate of drug-likeness (QED) is 0.0510. The molecule has 1 aromatic rings. The van der Waals surface area contributed by atoms with Crippen molar-refractivity contribution < 1.29 is 50.8 Å². The van der Waals surface area contributed by atoms with Crippen LogP contribution in [0.25, 0.3) is 0 Å². The third-order valence-corrected chi connectivity index (χ3v) is 5.46. The number of hydrogen-bond acceptors (Lipinski definition) is 15. The zero-order valence-electron chi connectivity index (χ0n) is 64.1. The number of nitrogens with zero attached hydrogens (tertiary/aromatic N) is 1. The summed E-state index contributed by atoms with van der Waals surface area (Å²) in [6, 6.07) is 4.05. The maximum Gasteiger partial charge on any atom is 1.00 e. The van der Waals surface area contributed by atoms with Gasteiger partial charge < -0.3 is 68.1 Å². The Morgan fingerprint density at radius 1 is 0.430 bits per heavy atom. The molecular formula is C62H149ClLiN8O7P7+2. The average Bonchev–Trinajstić information content (AvgIpc) is 3.29. The van der Waals surface area contributed by atoms with Crippen LogP contribution in [0.2, 0.25) is 0 Å². The molecule has 1 rings (SSSR count). The van der Waals surface area contributed by atoms with Gasteiger partial charge in [0.1, 0.15) is 26.7 Å². The third-order valence-electron chi connectivity index (χ3n) is 4.34. The predicted octanol–water partition coefficient (Wildman–Crippen LogP) is 20.9. The van der Waals surface area contributed by atoms with Gasteiger partial charge in [-0.05, 0) is 176 Å². The van der Waals surface area contributed by atoms with Crippen LogP contribution in [0, 0.1) is 86.7 Å². The second-order valence-electron chi connectivity index (χ2n) is 23.6. The summed E-state index contributed by atoms with van der Waals surface area (Å²) in [5, 5.41) is 45.7. The topological polar surface area (TPSA) is 299 Å². The zero-order chi connectivity index (χ0) is 72.6. The minimum atomic E-state index is -2.17. The maximum absolute atomic E-state index is 11.6. The van der Waals surface area contributed by atoms with Crippen molar-refractivity contribution in [2.24, 2.45) is 41.4 Å². The fraction of sp³-hybridized carbons (Fsp3) is 0.790. The molecule has 520 valence electrons. The number of nitrogens with one attached hydrogen (secondary N) is 7. The van der Waals surface area contributed by atoms with E-state index in [2.05, 4.69) is 32.7 Å². The van der Waals surface area contributed by atoms with Crippen molar-refractivity contribution >= 4 is 105 Å². The normalized spacial score (nSPS) is 9.16. The van der Waals surface area contributed by atoms with E-state index in [-0.39, 0.29) is 26.3 Å². The molecular weight excluding hydrogens is 1230 g/mol. The second kappa shape index (κ2) is 95.2. The van der Waals surface area contributed by atoms with Crippen molar-refractivity contribution in [2.45, 2.75) is 171 Å².